The third-order valence-electron chi connectivity index (χ3n) is 3.74. The van der Waals surface area contributed by atoms with Gasteiger partial charge in [0.1, 0.15) is 0 Å². The Balaban J connectivity index is 0.000000956. The van der Waals surface area contributed by atoms with Crippen molar-refractivity contribution >= 4 is 19.6 Å². The molecule has 0 saturated heterocycles. The molecule has 0 spiro atoms. The number of nitrogens with zero attached hydrogens (tertiary/aromatic N) is 4. The number of amides is 1. The number of rotatable bonds is 7. The molecule has 6 nitrogen and oxygen atoms in total. The summed E-state index contributed by atoms with van der Waals surface area (Å²) in [5.74, 6) is -0.833. The van der Waals surface area contributed by atoms with Gasteiger partial charge in [0.2, 0.25) is 0 Å². The molecule has 0 aliphatic carbocycles. The SMILES string of the molecule is C[N+]1=C(N=[N+]=[N-])C(CCCCCCNC(=O)C(F)(F)F)CC1.F[P-](F)(F)(F)(F)F. The van der Waals surface area contributed by atoms with Gasteiger partial charge >= 0.3 is 45.1 Å². The molecule has 1 unspecified atom stereocenters. The minimum absolute atomic E-state index is 0.0423. The summed E-state index contributed by atoms with van der Waals surface area (Å²) in [7, 11) is -8.76. The Bertz CT molecular complexity index is 642. The molecule has 1 N–H and O–H groups in total. The Morgan fingerprint density at radius 2 is 1.69 bits per heavy atom. The number of hydrogen-bond acceptors (Lipinski definition) is 2. The van der Waals surface area contributed by atoms with Crippen molar-refractivity contribution in [3.05, 3.63) is 10.4 Å². The fourth-order valence-corrected chi connectivity index (χ4v) is 2.55. The molecule has 0 radical (unpaired) electrons. The van der Waals surface area contributed by atoms with Crippen molar-refractivity contribution in [1.29, 1.82) is 0 Å². The molecule has 172 valence electrons. The van der Waals surface area contributed by atoms with Crippen LogP contribution in [0.3, 0.4) is 0 Å². The zero-order valence-corrected chi connectivity index (χ0v) is 16.2. The Hall–Kier alpha value is -1.75. The quantitative estimate of drug-likeness (QED) is 0.0886. The van der Waals surface area contributed by atoms with Crippen LogP contribution in [-0.4, -0.2) is 42.6 Å². The van der Waals surface area contributed by atoms with Crippen LogP contribution >= 0.6 is 7.81 Å². The van der Waals surface area contributed by atoms with E-state index in [2.05, 4.69) is 10.0 Å². The summed E-state index contributed by atoms with van der Waals surface area (Å²) in [4.78, 5) is 13.4. The second kappa shape index (κ2) is 9.38. The van der Waals surface area contributed by atoms with Gasteiger partial charge in [-0.2, -0.15) is 13.2 Å². The number of azide groups is 1. The van der Waals surface area contributed by atoms with Gasteiger partial charge in [0, 0.05) is 17.4 Å². The first-order valence-corrected chi connectivity index (χ1v) is 10.4. The number of carbonyl (C=O) groups excluding carboxylic acids is 1. The molecule has 16 heteroatoms. The molecule has 29 heavy (non-hydrogen) atoms. The summed E-state index contributed by atoms with van der Waals surface area (Å²) in [5.41, 5.74) is 8.53. The van der Waals surface area contributed by atoms with Gasteiger partial charge in [0.05, 0.1) is 13.6 Å². The first-order chi connectivity index (χ1) is 12.8. The van der Waals surface area contributed by atoms with Gasteiger partial charge in [0.25, 0.3) is 0 Å². The van der Waals surface area contributed by atoms with E-state index in [1.54, 1.807) is 0 Å². The van der Waals surface area contributed by atoms with E-state index in [0.29, 0.717) is 6.42 Å². The van der Waals surface area contributed by atoms with Gasteiger partial charge < -0.3 is 5.32 Å². The molecule has 0 aromatic rings. The summed E-state index contributed by atoms with van der Waals surface area (Å²) in [5, 5.41) is 5.58. The number of hydrogen-bond donors (Lipinski definition) is 1. The third-order valence-corrected chi connectivity index (χ3v) is 3.74. The van der Waals surface area contributed by atoms with Gasteiger partial charge in [-0.3, -0.25) is 9.37 Å². The third kappa shape index (κ3) is 16.9. The zero-order valence-electron chi connectivity index (χ0n) is 15.3. The zero-order chi connectivity index (χ0) is 23.0. The molecule has 1 atom stereocenters. The van der Waals surface area contributed by atoms with Crippen LogP contribution in [-0.2, 0) is 4.79 Å². The van der Waals surface area contributed by atoms with E-state index in [9.17, 15) is 43.1 Å². The second-order valence-electron chi connectivity index (χ2n) is 6.37. The van der Waals surface area contributed by atoms with Crippen molar-refractivity contribution in [2.75, 3.05) is 20.1 Å². The Morgan fingerprint density at radius 3 is 2.17 bits per heavy atom. The standard InChI is InChI=1S/C13H20F3N5O.F6P/c1-21-9-7-10(11(21)19-20-17)6-4-2-3-5-8-18-12(22)13(14,15)16;1-7(2,3,4,5)6/h10H,2-9H2,1H3;/q;-1/p+1. The summed E-state index contributed by atoms with van der Waals surface area (Å²) in [6.07, 6.45) is 0.167. The van der Waals surface area contributed by atoms with Gasteiger partial charge in [-0.25, -0.2) is 0 Å². The summed E-state index contributed by atoms with van der Waals surface area (Å²) < 4.78 is 96.9. The fourth-order valence-electron chi connectivity index (χ4n) is 2.55. The number of carbonyl (C=O) groups is 1. The minimum atomic E-state index is -10.7. The van der Waals surface area contributed by atoms with Crippen LogP contribution in [0.25, 0.3) is 10.4 Å². The second-order valence-corrected chi connectivity index (χ2v) is 8.29. The van der Waals surface area contributed by atoms with Crippen LogP contribution in [0.5, 0.6) is 0 Å². The molecule has 1 aliphatic rings. The first kappa shape index (κ1) is 27.2. The molecule has 1 amide bonds. The van der Waals surface area contributed by atoms with Gasteiger partial charge in [-0.1, -0.05) is 19.3 Å². The van der Waals surface area contributed by atoms with Crippen molar-refractivity contribution in [3.63, 3.8) is 0 Å². The predicted octanol–water partition coefficient (Wildman–Crippen LogP) is 6.37. The Kier molecular flexibility index (Phi) is 8.81. The Morgan fingerprint density at radius 1 is 1.17 bits per heavy atom. The van der Waals surface area contributed by atoms with Crippen LogP contribution < -0.4 is 5.32 Å². The molecular formula is C13H21F9N5OP. The maximum absolute atomic E-state index is 11.9. The Labute approximate surface area is 160 Å². The van der Waals surface area contributed by atoms with E-state index >= 15 is 0 Å². The molecule has 0 bridgehead atoms. The molecule has 0 aromatic heterocycles. The first-order valence-electron chi connectivity index (χ1n) is 8.35. The van der Waals surface area contributed by atoms with E-state index in [4.69, 9.17) is 5.53 Å². The monoisotopic (exact) mass is 465 g/mol. The molecule has 1 aliphatic heterocycles. The van der Waals surface area contributed by atoms with Crippen LogP contribution in [0.1, 0.15) is 38.5 Å². The number of amidine groups is 1. The van der Waals surface area contributed by atoms with Crippen LogP contribution in [0.2, 0.25) is 0 Å². The topological polar surface area (TPSA) is 80.9 Å². The molecule has 0 aromatic carbocycles. The average Bonchev–Trinajstić information content (AvgIpc) is 2.83. The molecule has 0 fully saturated rings. The van der Waals surface area contributed by atoms with Crippen LogP contribution in [0.4, 0.5) is 38.4 Å². The van der Waals surface area contributed by atoms with Crippen molar-refractivity contribution in [2.24, 2.45) is 11.0 Å². The molecular weight excluding hydrogens is 444 g/mol. The molecule has 1 heterocycles. The normalized spacial score (nSPS) is 19.4. The predicted molar refractivity (Wildman–Crippen MR) is 89.0 cm³/mol. The van der Waals surface area contributed by atoms with Gasteiger partial charge in [0.15, 0.2) is 5.84 Å². The van der Waals surface area contributed by atoms with Crippen molar-refractivity contribution in [3.8, 4) is 0 Å². The van der Waals surface area contributed by atoms with Gasteiger partial charge in [-0.05, 0) is 29.9 Å². The molecule has 0 saturated carbocycles. The van der Waals surface area contributed by atoms with Gasteiger partial charge in [-0.15, -0.1) is 0 Å². The fraction of sp³-hybridized carbons (Fsp3) is 0.846. The number of unbranched alkanes of at least 4 members (excludes halogenated alkanes) is 3. The number of alkyl halides is 3. The van der Waals surface area contributed by atoms with E-state index in [1.165, 1.54) is 0 Å². The van der Waals surface area contributed by atoms with E-state index in [1.807, 2.05) is 16.9 Å². The van der Waals surface area contributed by atoms with Crippen LogP contribution in [0.15, 0.2) is 5.11 Å². The summed E-state index contributed by atoms with van der Waals surface area (Å²) in [6, 6.07) is 0. The molecule has 1 rings (SSSR count). The average molecular weight is 465 g/mol. The summed E-state index contributed by atoms with van der Waals surface area (Å²) in [6.45, 7) is 0.920. The maximum atomic E-state index is 11.9. The van der Waals surface area contributed by atoms with Crippen molar-refractivity contribution in [1.82, 2.24) is 5.32 Å². The summed E-state index contributed by atoms with van der Waals surface area (Å²) >= 11 is 0. The van der Waals surface area contributed by atoms with Crippen molar-refractivity contribution in [2.45, 2.75) is 44.7 Å². The van der Waals surface area contributed by atoms with E-state index in [0.717, 1.165) is 44.5 Å². The number of nitrogens with one attached hydrogen (secondary N) is 1. The number of halogens is 9. The van der Waals surface area contributed by atoms with E-state index in [-0.39, 0.29) is 12.5 Å². The van der Waals surface area contributed by atoms with E-state index < -0.39 is 19.9 Å². The van der Waals surface area contributed by atoms with Crippen LogP contribution in [0, 0.1) is 5.92 Å². The van der Waals surface area contributed by atoms with Crippen molar-refractivity contribution < 1.29 is 47.7 Å².